The number of rotatable bonds is 4. The SMILES string of the molecule is O=[N+]([O-])c1ccccc1COc1ccc(O)c(O)c1. The highest BCUT2D eigenvalue weighted by molar-refractivity contribution is 5.44. The second-order valence-corrected chi connectivity index (χ2v) is 3.83. The van der Waals surface area contributed by atoms with Crippen LogP contribution in [0.5, 0.6) is 17.2 Å². The van der Waals surface area contributed by atoms with Gasteiger partial charge in [-0.2, -0.15) is 0 Å². The third-order valence-corrected chi connectivity index (χ3v) is 2.53. The second kappa shape index (κ2) is 5.26. The van der Waals surface area contributed by atoms with Gasteiger partial charge in [0.15, 0.2) is 11.5 Å². The molecule has 19 heavy (non-hydrogen) atoms. The average Bonchev–Trinajstić information content (AvgIpc) is 2.40. The van der Waals surface area contributed by atoms with Gasteiger partial charge in [-0.05, 0) is 18.2 Å². The fourth-order valence-corrected chi connectivity index (χ4v) is 1.57. The summed E-state index contributed by atoms with van der Waals surface area (Å²) in [5.74, 6) is -0.244. The maximum absolute atomic E-state index is 10.8. The van der Waals surface area contributed by atoms with Crippen molar-refractivity contribution in [2.75, 3.05) is 0 Å². The summed E-state index contributed by atoms with van der Waals surface area (Å²) in [4.78, 5) is 10.3. The Balaban J connectivity index is 2.14. The van der Waals surface area contributed by atoms with E-state index in [1.54, 1.807) is 18.2 Å². The van der Waals surface area contributed by atoms with Crippen molar-refractivity contribution in [3.8, 4) is 17.2 Å². The van der Waals surface area contributed by atoms with Crippen LogP contribution in [0.3, 0.4) is 0 Å². The third-order valence-electron chi connectivity index (χ3n) is 2.53. The van der Waals surface area contributed by atoms with E-state index in [-0.39, 0.29) is 23.8 Å². The van der Waals surface area contributed by atoms with Gasteiger partial charge < -0.3 is 14.9 Å². The van der Waals surface area contributed by atoms with E-state index in [2.05, 4.69) is 0 Å². The molecule has 2 aromatic carbocycles. The molecule has 2 rings (SSSR count). The second-order valence-electron chi connectivity index (χ2n) is 3.83. The molecule has 98 valence electrons. The molecule has 0 heterocycles. The first-order chi connectivity index (χ1) is 9.08. The van der Waals surface area contributed by atoms with Crippen LogP contribution in [0.1, 0.15) is 5.56 Å². The standard InChI is InChI=1S/C13H11NO5/c15-12-6-5-10(7-13(12)16)19-8-9-3-1-2-4-11(9)14(17)18/h1-7,15-16H,8H2. The third kappa shape index (κ3) is 2.92. The van der Waals surface area contributed by atoms with E-state index in [9.17, 15) is 15.2 Å². The van der Waals surface area contributed by atoms with Gasteiger partial charge in [-0.1, -0.05) is 12.1 Å². The van der Waals surface area contributed by atoms with E-state index in [4.69, 9.17) is 9.84 Å². The van der Waals surface area contributed by atoms with Crippen molar-refractivity contribution >= 4 is 5.69 Å². The van der Waals surface area contributed by atoms with Gasteiger partial charge in [0.1, 0.15) is 12.4 Å². The molecule has 0 aromatic heterocycles. The summed E-state index contributed by atoms with van der Waals surface area (Å²) in [5.41, 5.74) is 0.408. The Kier molecular flexibility index (Phi) is 3.51. The first-order valence-electron chi connectivity index (χ1n) is 5.45. The molecule has 6 heteroatoms. The van der Waals surface area contributed by atoms with E-state index < -0.39 is 4.92 Å². The van der Waals surface area contributed by atoms with E-state index in [0.717, 1.165) is 0 Å². The smallest absolute Gasteiger partial charge is 0.276 e. The van der Waals surface area contributed by atoms with Crippen molar-refractivity contribution in [1.82, 2.24) is 0 Å². The van der Waals surface area contributed by atoms with Crippen molar-refractivity contribution in [2.45, 2.75) is 6.61 Å². The lowest BCUT2D eigenvalue weighted by Gasteiger charge is -2.07. The normalized spacial score (nSPS) is 10.1. The van der Waals surface area contributed by atoms with Crippen LogP contribution in [-0.2, 0) is 6.61 Å². The van der Waals surface area contributed by atoms with Gasteiger partial charge >= 0.3 is 0 Å². The van der Waals surface area contributed by atoms with Crippen LogP contribution in [0, 0.1) is 10.1 Å². The van der Waals surface area contributed by atoms with Crippen molar-refractivity contribution in [2.24, 2.45) is 0 Å². The summed E-state index contributed by atoms with van der Waals surface area (Å²) < 4.78 is 5.34. The number of ether oxygens (including phenoxy) is 1. The van der Waals surface area contributed by atoms with Gasteiger partial charge in [0, 0.05) is 12.1 Å². The first kappa shape index (κ1) is 12.7. The number of phenols is 2. The Labute approximate surface area is 108 Å². The number of nitro benzene ring substituents is 1. The number of aromatic hydroxyl groups is 2. The van der Waals surface area contributed by atoms with Crippen molar-refractivity contribution in [3.63, 3.8) is 0 Å². The zero-order chi connectivity index (χ0) is 13.8. The minimum atomic E-state index is -0.479. The topological polar surface area (TPSA) is 92.8 Å². The Morgan fingerprint density at radius 2 is 1.84 bits per heavy atom. The van der Waals surface area contributed by atoms with E-state index in [1.165, 1.54) is 24.3 Å². The predicted molar refractivity (Wildman–Crippen MR) is 67.2 cm³/mol. The maximum Gasteiger partial charge on any atom is 0.276 e. The van der Waals surface area contributed by atoms with Gasteiger partial charge in [-0.25, -0.2) is 0 Å². The molecule has 0 spiro atoms. The number of benzene rings is 2. The molecule has 0 fully saturated rings. The highest BCUT2D eigenvalue weighted by Crippen LogP contribution is 2.29. The number of para-hydroxylation sites is 1. The number of phenolic OH excluding ortho intramolecular Hbond substituents is 2. The molecule has 0 radical (unpaired) electrons. The predicted octanol–water partition coefficient (Wildman–Crippen LogP) is 2.59. The van der Waals surface area contributed by atoms with Gasteiger partial charge in [-0.3, -0.25) is 10.1 Å². The fourth-order valence-electron chi connectivity index (χ4n) is 1.57. The molecular formula is C13H11NO5. The lowest BCUT2D eigenvalue weighted by Crippen LogP contribution is -2.00. The molecule has 0 amide bonds. The summed E-state index contributed by atoms with van der Waals surface area (Å²) in [5, 5.41) is 29.3. The molecule has 0 bridgehead atoms. The molecule has 0 atom stereocenters. The highest BCUT2D eigenvalue weighted by Gasteiger charge is 2.12. The van der Waals surface area contributed by atoms with Gasteiger partial charge in [-0.15, -0.1) is 0 Å². The number of nitro groups is 1. The Bertz CT molecular complexity index is 612. The van der Waals surface area contributed by atoms with Crippen LogP contribution in [0.2, 0.25) is 0 Å². The monoisotopic (exact) mass is 261 g/mol. The largest absolute Gasteiger partial charge is 0.504 e. The molecule has 0 saturated carbocycles. The van der Waals surface area contributed by atoms with Crippen LogP contribution in [-0.4, -0.2) is 15.1 Å². The van der Waals surface area contributed by atoms with Gasteiger partial charge in [0.05, 0.1) is 10.5 Å². The van der Waals surface area contributed by atoms with Crippen LogP contribution in [0.4, 0.5) is 5.69 Å². The minimum absolute atomic E-state index is 0.00136. The molecule has 0 saturated heterocycles. The number of nitrogens with zero attached hydrogens (tertiary/aromatic N) is 1. The molecule has 0 aliphatic rings. The molecular weight excluding hydrogens is 250 g/mol. The van der Waals surface area contributed by atoms with Crippen molar-refractivity contribution < 1.29 is 19.9 Å². The van der Waals surface area contributed by atoms with E-state index in [1.807, 2.05) is 0 Å². The average molecular weight is 261 g/mol. The summed E-state index contributed by atoms with van der Waals surface area (Å²) >= 11 is 0. The summed E-state index contributed by atoms with van der Waals surface area (Å²) in [6, 6.07) is 10.2. The molecule has 0 aliphatic carbocycles. The molecule has 0 aliphatic heterocycles. The Morgan fingerprint density at radius 3 is 2.53 bits per heavy atom. The van der Waals surface area contributed by atoms with Gasteiger partial charge in [0.25, 0.3) is 5.69 Å². The quantitative estimate of drug-likeness (QED) is 0.501. The Hall–Kier alpha value is -2.76. The highest BCUT2D eigenvalue weighted by atomic mass is 16.6. The molecule has 2 aromatic rings. The number of hydrogen-bond acceptors (Lipinski definition) is 5. The lowest BCUT2D eigenvalue weighted by molar-refractivity contribution is -0.385. The molecule has 2 N–H and O–H groups in total. The zero-order valence-electron chi connectivity index (χ0n) is 9.81. The van der Waals surface area contributed by atoms with Crippen molar-refractivity contribution in [1.29, 1.82) is 0 Å². The minimum Gasteiger partial charge on any atom is -0.504 e. The molecule has 6 nitrogen and oxygen atoms in total. The van der Waals surface area contributed by atoms with E-state index >= 15 is 0 Å². The van der Waals surface area contributed by atoms with Crippen LogP contribution in [0.25, 0.3) is 0 Å². The van der Waals surface area contributed by atoms with Gasteiger partial charge in [0.2, 0.25) is 0 Å². The summed E-state index contributed by atoms with van der Waals surface area (Å²) in [6.45, 7) is 0.00136. The molecule has 0 unspecified atom stereocenters. The summed E-state index contributed by atoms with van der Waals surface area (Å²) in [6.07, 6.45) is 0. The maximum atomic E-state index is 10.8. The zero-order valence-corrected chi connectivity index (χ0v) is 9.81. The first-order valence-corrected chi connectivity index (χ1v) is 5.45. The van der Waals surface area contributed by atoms with E-state index in [0.29, 0.717) is 11.3 Å². The Morgan fingerprint density at radius 1 is 1.11 bits per heavy atom. The van der Waals surface area contributed by atoms with Crippen LogP contribution >= 0.6 is 0 Å². The summed E-state index contributed by atoms with van der Waals surface area (Å²) in [7, 11) is 0. The van der Waals surface area contributed by atoms with Crippen LogP contribution in [0.15, 0.2) is 42.5 Å². The number of hydrogen-bond donors (Lipinski definition) is 2. The van der Waals surface area contributed by atoms with Crippen LogP contribution < -0.4 is 4.74 Å². The lowest BCUT2D eigenvalue weighted by atomic mass is 10.2. The van der Waals surface area contributed by atoms with Crippen molar-refractivity contribution in [3.05, 3.63) is 58.1 Å². The fraction of sp³-hybridized carbons (Fsp3) is 0.0769.